The Bertz CT molecular complexity index is 833. The number of carbonyl (C=O) groups excluding carboxylic acids is 1. The molecule has 5 nitrogen and oxygen atoms in total. The van der Waals surface area contributed by atoms with E-state index in [1.165, 1.54) is 11.6 Å². The molecule has 1 fully saturated rings. The lowest BCUT2D eigenvalue weighted by molar-refractivity contribution is -0.385. The van der Waals surface area contributed by atoms with Gasteiger partial charge in [-0.25, -0.2) is 0 Å². The van der Waals surface area contributed by atoms with Crippen LogP contribution in [0.15, 0.2) is 42.5 Å². The first-order chi connectivity index (χ1) is 12.4. The summed E-state index contributed by atoms with van der Waals surface area (Å²) in [5.74, 6) is 1.16. The second-order valence-corrected chi connectivity index (χ2v) is 7.99. The summed E-state index contributed by atoms with van der Waals surface area (Å²) in [6.45, 7) is 6.62. The van der Waals surface area contributed by atoms with Gasteiger partial charge in [-0.05, 0) is 30.0 Å². The molecule has 2 aromatic rings. The van der Waals surface area contributed by atoms with Crippen molar-refractivity contribution in [2.45, 2.75) is 32.1 Å². The lowest BCUT2D eigenvalue weighted by Crippen LogP contribution is -2.30. The lowest BCUT2D eigenvalue weighted by Gasteiger charge is -2.24. The molecule has 1 heterocycles. The molecule has 136 valence electrons. The smallest absolute Gasteiger partial charge is 0.273 e. The van der Waals surface area contributed by atoms with Crippen LogP contribution in [-0.2, 0) is 0 Å². The van der Waals surface area contributed by atoms with Crippen molar-refractivity contribution in [1.29, 1.82) is 0 Å². The van der Waals surface area contributed by atoms with Gasteiger partial charge in [-0.1, -0.05) is 44.2 Å². The summed E-state index contributed by atoms with van der Waals surface area (Å²) in [6, 6.07) is 13.1. The van der Waals surface area contributed by atoms with Crippen LogP contribution < -0.4 is 0 Å². The van der Waals surface area contributed by atoms with Crippen molar-refractivity contribution in [2.75, 3.05) is 12.3 Å². The van der Waals surface area contributed by atoms with E-state index in [4.69, 9.17) is 0 Å². The Kier molecular flexibility index (Phi) is 5.32. The van der Waals surface area contributed by atoms with E-state index in [1.54, 1.807) is 30.8 Å². The summed E-state index contributed by atoms with van der Waals surface area (Å²) >= 11 is 1.73. The number of aryl methyl sites for hydroxylation is 1. The van der Waals surface area contributed by atoms with Crippen LogP contribution in [0.25, 0.3) is 0 Å². The van der Waals surface area contributed by atoms with E-state index < -0.39 is 4.92 Å². The van der Waals surface area contributed by atoms with Gasteiger partial charge in [0.1, 0.15) is 5.37 Å². The molecule has 1 aliphatic heterocycles. The zero-order valence-corrected chi connectivity index (χ0v) is 16.0. The number of nitrogens with zero attached hydrogens (tertiary/aromatic N) is 2. The number of thioether (sulfide) groups is 1. The minimum atomic E-state index is -0.438. The number of hydrogen-bond donors (Lipinski definition) is 0. The molecule has 0 saturated carbocycles. The van der Waals surface area contributed by atoms with Crippen LogP contribution >= 0.6 is 11.8 Å². The maximum Gasteiger partial charge on any atom is 0.273 e. The standard InChI is InChI=1S/C20H22N2O3S/c1-13(2)15-6-8-16(9-7-15)20-21(10-11-26-20)19(23)17-5-4-14(3)18(12-17)22(24)25/h4-9,12-13,20H,10-11H2,1-3H3. The van der Waals surface area contributed by atoms with Gasteiger partial charge in [0.25, 0.3) is 11.6 Å². The third-order valence-electron chi connectivity index (χ3n) is 4.69. The van der Waals surface area contributed by atoms with Crippen molar-refractivity contribution in [3.05, 3.63) is 74.8 Å². The van der Waals surface area contributed by atoms with E-state index in [9.17, 15) is 14.9 Å². The summed E-state index contributed by atoms with van der Waals surface area (Å²) in [7, 11) is 0. The topological polar surface area (TPSA) is 63.5 Å². The Hall–Kier alpha value is -2.34. The zero-order valence-electron chi connectivity index (χ0n) is 15.1. The Balaban J connectivity index is 1.87. The summed E-state index contributed by atoms with van der Waals surface area (Å²) in [5.41, 5.74) is 3.27. The van der Waals surface area contributed by atoms with Gasteiger partial charge in [0, 0.05) is 29.5 Å². The first-order valence-electron chi connectivity index (χ1n) is 8.66. The van der Waals surface area contributed by atoms with E-state index in [1.807, 2.05) is 4.90 Å². The van der Waals surface area contributed by atoms with E-state index in [0.717, 1.165) is 11.3 Å². The maximum absolute atomic E-state index is 13.0. The zero-order chi connectivity index (χ0) is 18.8. The number of rotatable bonds is 4. The molecule has 6 heteroatoms. The second kappa shape index (κ2) is 7.50. The normalized spacial score (nSPS) is 16.9. The van der Waals surface area contributed by atoms with Gasteiger partial charge in [0.15, 0.2) is 0 Å². The molecular formula is C20H22N2O3S. The highest BCUT2D eigenvalue weighted by atomic mass is 32.2. The van der Waals surface area contributed by atoms with E-state index in [0.29, 0.717) is 23.6 Å². The molecule has 0 bridgehead atoms. The van der Waals surface area contributed by atoms with Crippen LogP contribution in [0, 0.1) is 17.0 Å². The van der Waals surface area contributed by atoms with E-state index in [2.05, 4.69) is 38.1 Å². The van der Waals surface area contributed by atoms with Crippen LogP contribution in [-0.4, -0.2) is 28.0 Å². The fourth-order valence-electron chi connectivity index (χ4n) is 3.10. The number of carbonyl (C=O) groups is 1. The number of nitro benzene ring substituents is 1. The third-order valence-corrected chi connectivity index (χ3v) is 5.95. The summed E-state index contributed by atoms with van der Waals surface area (Å²) in [5, 5.41) is 11.1. The lowest BCUT2D eigenvalue weighted by atomic mass is 10.0. The molecule has 0 radical (unpaired) electrons. The SMILES string of the molecule is Cc1ccc(C(=O)N2CCSC2c2ccc(C(C)C)cc2)cc1[N+](=O)[O-]. The van der Waals surface area contributed by atoms with Gasteiger partial charge in [0.2, 0.25) is 0 Å². The Morgan fingerprint density at radius 1 is 1.23 bits per heavy atom. The fraction of sp³-hybridized carbons (Fsp3) is 0.350. The molecule has 0 spiro atoms. The highest BCUT2D eigenvalue weighted by Gasteiger charge is 2.32. The minimum absolute atomic E-state index is 0.0134. The van der Waals surface area contributed by atoms with Gasteiger partial charge in [-0.15, -0.1) is 11.8 Å². The predicted octanol–water partition coefficient (Wildman–Crippen LogP) is 4.91. The van der Waals surface area contributed by atoms with Crippen LogP contribution in [0.5, 0.6) is 0 Å². The van der Waals surface area contributed by atoms with Crippen molar-refractivity contribution in [3.63, 3.8) is 0 Å². The first kappa shape index (κ1) is 18.5. The van der Waals surface area contributed by atoms with Crippen molar-refractivity contribution >= 4 is 23.4 Å². The Labute approximate surface area is 157 Å². The maximum atomic E-state index is 13.0. The molecule has 0 aromatic heterocycles. The molecule has 1 atom stereocenters. The molecule has 1 amide bonds. The van der Waals surface area contributed by atoms with Gasteiger partial charge in [-0.2, -0.15) is 0 Å². The van der Waals surface area contributed by atoms with Crippen LogP contribution in [0.2, 0.25) is 0 Å². The third kappa shape index (κ3) is 3.60. The molecule has 0 aliphatic carbocycles. The van der Waals surface area contributed by atoms with Crippen LogP contribution in [0.3, 0.4) is 0 Å². The molecule has 2 aromatic carbocycles. The summed E-state index contributed by atoms with van der Waals surface area (Å²) in [6.07, 6.45) is 0. The molecule has 3 rings (SSSR count). The molecule has 0 N–H and O–H groups in total. The van der Waals surface area contributed by atoms with E-state index >= 15 is 0 Å². The van der Waals surface area contributed by atoms with E-state index in [-0.39, 0.29) is 17.0 Å². The fourth-order valence-corrected chi connectivity index (χ4v) is 4.36. The van der Waals surface area contributed by atoms with Gasteiger partial charge in [0.05, 0.1) is 4.92 Å². The average Bonchev–Trinajstić information content (AvgIpc) is 3.11. The molecule has 1 unspecified atom stereocenters. The van der Waals surface area contributed by atoms with Crippen molar-refractivity contribution in [1.82, 2.24) is 4.90 Å². The molecule has 1 saturated heterocycles. The van der Waals surface area contributed by atoms with Crippen molar-refractivity contribution in [2.24, 2.45) is 0 Å². The quantitative estimate of drug-likeness (QED) is 0.566. The van der Waals surface area contributed by atoms with Crippen LogP contribution in [0.1, 0.15) is 52.2 Å². The summed E-state index contributed by atoms with van der Waals surface area (Å²) < 4.78 is 0. The highest BCUT2D eigenvalue weighted by Crippen LogP contribution is 2.39. The largest absolute Gasteiger partial charge is 0.322 e. The van der Waals surface area contributed by atoms with Crippen molar-refractivity contribution in [3.8, 4) is 0 Å². The average molecular weight is 370 g/mol. The van der Waals surface area contributed by atoms with Crippen LogP contribution in [0.4, 0.5) is 5.69 Å². The molecular weight excluding hydrogens is 348 g/mol. The van der Waals surface area contributed by atoms with Gasteiger partial charge < -0.3 is 4.90 Å². The Morgan fingerprint density at radius 3 is 2.54 bits per heavy atom. The Morgan fingerprint density at radius 2 is 1.92 bits per heavy atom. The predicted molar refractivity (Wildman–Crippen MR) is 105 cm³/mol. The van der Waals surface area contributed by atoms with Gasteiger partial charge >= 0.3 is 0 Å². The molecule has 1 aliphatic rings. The number of benzene rings is 2. The second-order valence-electron chi connectivity index (χ2n) is 6.80. The number of nitro groups is 1. The monoisotopic (exact) mass is 370 g/mol. The highest BCUT2D eigenvalue weighted by molar-refractivity contribution is 7.99. The number of amides is 1. The minimum Gasteiger partial charge on any atom is -0.322 e. The molecule has 26 heavy (non-hydrogen) atoms. The number of hydrogen-bond acceptors (Lipinski definition) is 4. The van der Waals surface area contributed by atoms with Crippen molar-refractivity contribution < 1.29 is 9.72 Å². The first-order valence-corrected chi connectivity index (χ1v) is 9.71. The van der Waals surface area contributed by atoms with Gasteiger partial charge in [-0.3, -0.25) is 14.9 Å². The summed E-state index contributed by atoms with van der Waals surface area (Å²) in [4.78, 5) is 25.5.